The summed E-state index contributed by atoms with van der Waals surface area (Å²) in [7, 11) is 0. The van der Waals surface area contributed by atoms with Crippen LogP contribution in [0.25, 0.3) is 0 Å². The quantitative estimate of drug-likeness (QED) is 0.719. The van der Waals surface area contributed by atoms with Crippen molar-refractivity contribution in [1.29, 1.82) is 0 Å². The Hall–Kier alpha value is -0.830. The third-order valence-corrected chi connectivity index (χ3v) is 4.02. The standard InChI is InChI=1S/C14H24N2O/c15-14(8-3-4-9-14)11-13(17)16-10-7-12-5-1-2-6-12/h5H,1-4,6-11,15H2,(H,16,17). The first-order valence-corrected chi connectivity index (χ1v) is 6.91. The lowest BCUT2D eigenvalue weighted by Crippen LogP contribution is -2.42. The summed E-state index contributed by atoms with van der Waals surface area (Å²) >= 11 is 0. The van der Waals surface area contributed by atoms with E-state index in [4.69, 9.17) is 5.73 Å². The average Bonchev–Trinajstić information content (AvgIpc) is 2.90. The van der Waals surface area contributed by atoms with Gasteiger partial charge in [-0.15, -0.1) is 0 Å². The van der Waals surface area contributed by atoms with Gasteiger partial charge in [0, 0.05) is 18.5 Å². The molecule has 17 heavy (non-hydrogen) atoms. The first-order valence-electron chi connectivity index (χ1n) is 6.91. The fourth-order valence-electron chi connectivity index (χ4n) is 2.97. The second-order valence-electron chi connectivity index (χ2n) is 5.60. The van der Waals surface area contributed by atoms with Crippen molar-refractivity contribution < 1.29 is 4.79 Å². The molecule has 1 saturated carbocycles. The van der Waals surface area contributed by atoms with E-state index in [9.17, 15) is 4.79 Å². The lowest BCUT2D eigenvalue weighted by molar-refractivity contribution is -0.122. The van der Waals surface area contributed by atoms with Gasteiger partial charge in [0.1, 0.15) is 0 Å². The fourth-order valence-corrected chi connectivity index (χ4v) is 2.97. The van der Waals surface area contributed by atoms with Crippen LogP contribution in [0, 0.1) is 0 Å². The number of rotatable bonds is 5. The normalized spacial score (nSPS) is 22.5. The van der Waals surface area contributed by atoms with E-state index in [0.717, 1.165) is 25.8 Å². The lowest BCUT2D eigenvalue weighted by Gasteiger charge is -2.22. The van der Waals surface area contributed by atoms with Crippen LogP contribution in [0.3, 0.4) is 0 Å². The van der Waals surface area contributed by atoms with Crippen LogP contribution in [0.2, 0.25) is 0 Å². The first kappa shape index (κ1) is 12.6. The Kier molecular flexibility index (Phi) is 4.21. The Labute approximate surface area is 104 Å². The van der Waals surface area contributed by atoms with Crippen LogP contribution in [0.4, 0.5) is 0 Å². The molecule has 1 fully saturated rings. The number of nitrogens with one attached hydrogen (secondary N) is 1. The van der Waals surface area contributed by atoms with Crippen LogP contribution in [-0.4, -0.2) is 18.0 Å². The molecular weight excluding hydrogens is 212 g/mol. The molecule has 96 valence electrons. The summed E-state index contributed by atoms with van der Waals surface area (Å²) in [5.41, 5.74) is 7.48. The van der Waals surface area contributed by atoms with Crippen molar-refractivity contribution in [2.45, 2.75) is 63.3 Å². The predicted octanol–water partition coefficient (Wildman–Crippen LogP) is 2.26. The van der Waals surface area contributed by atoms with Gasteiger partial charge in [0.2, 0.25) is 5.91 Å². The molecule has 2 aliphatic rings. The largest absolute Gasteiger partial charge is 0.356 e. The summed E-state index contributed by atoms with van der Waals surface area (Å²) in [4.78, 5) is 11.8. The van der Waals surface area contributed by atoms with Crippen LogP contribution < -0.4 is 11.1 Å². The number of allylic oxidation sites excluding steroid dienone is 1. The van der Waals surface area contributed by atoms with Crippen molar-refractivity contribution in [1.82, 2.24) is 5.32 Å². The van der Waals surface area contributed by atoms with E-state index < -0.39 is 0 Å². The van der Waals surface area contributed by atoms with Gasteiger partial charge >= 0.3 is 0 Å². The number of nitrogens with two attached hydrogens (primary N) is 1. The predicted molar refractivity (Wildman–Crippen MR) is 69.6 cm³/mol. The van der Waals surface area contributed by atoms with Crippen molar-refractivity contribution in [3.05, 3.63) is 11.6 Å². The third-order valence-electron chi connectivity index (χ3n) is 4.02. The van der Waals surface area contributed by atoms with Gasteiger partial charge in [0.25, 0.3) is 0 Å². The molecule has 3 heteroatoms. The van der Waals surface area contributed by atoms with E-state index in [1.807, 2.05) is 0 Å². The summed E-state index contributed by atoms with van der Waals surface area (Å²) in [6.45, 7) is 0.779. The summed E-state index contributed by atoms with van der Waals surface area (Å²) in [5.74, 6) is 0.132. The van der Waals surface area contributed by atoms with Crippen LogP contribution in [0.1, 0.15) is 57.8 Å². The highest BCUT2D eigenvalue weighted by Gasteiger charge is 2.31. The van der Waals surface area contributed by atoms with Crippen LogP contribution in [0.5, 0.6) is 0 Å². The monoisotopic (exact) mass is 236 g/mol. The Morgan fingerprint density at radius 3 is 2.76 bits per heavy atom. The number of carbonyl (C=O) groups is 1. The number of carbonyl (C=O) groups excluding carboxylic acids is 1. The van der Waals surface area contributed by atoms with Gasteiger partial charge in [-0.25, -0.2) is 0 Å². The van der Waals surface area contributed by atoms with E-state index in [1.54, 1.807) is 0 Å². The minimum absolute atomic E-state index is 0.132. The van der Waals surface area contributed by atoms with Crippen molar-refractivity contribution in [2.75, 3.05) is 6.54 Å². The molecular formula is C14H24N2O. The molecule has 0 aliphatic heterocycles. The highest BCUT2D eigenvalue weighted by Crippen LogP contribution is 2.29. The molecule has 0 unspecified atom stereocenters. The molecule has 0 bridgehead atoms. The molecule has 0 aromatic carbocycles. The van der Waals surface area contributed by atoms with Gasteiger partial charge < -0.3 is 11.1 Å². The molecule has 1 amide bonds. The van der Waals surface area contributed by atoms with Crippen molar-refractivity contribution >= 4 is 5.91 Å². The topological polar surface area (TPSA) is 55.1 Å². The van der Waals surface area contributed by atoms with Crippen LogP contribution in [-0.2, 0) is 4.79 Å². The fraction of sp³-hybridized carbons (Fsp3) is 0.786. The molecule has 2 aliphatic carbocycles. The van der Waals surface area contributed by atoms with Crippen LogP contribution in [0.15, 0.2) is 11.6 Å². The average molecular weight is 236 g/mol. The van der Waals surface area contributed by atoms with E-state index in [2.05, 4.69) is 11.4 Å². The van der Waals surface area contributed by atoms with Crippen molar-refractivity contribution in [2.24, 2.45) is 5.73 Å². The second kappa shape index (κ2) is 5.67. The lowest BCUT2D eigenvalue weighted by atomic mass is 9.94. The second-order valence-corrected chi connectivity index (χ2v) is 5.60. The Balaban J connectivity index is 1.63. The molecule has 3 nitrogen and oxygen atoms in total. The SMILES string of the molecule is NC1(CC(=O)NCCC2=CCCC2)CCCC1. The van der Waals surface area contributed by atoms with Crippen molar-refractivity contribution in [3.63, 3.8) is 0 Å². The number of hydrogen-bond acceptors (Lipinski definition) is 2. The summed E-state index contributed by atoms with van der Waals surface area (Å²) < 4.78 is 0. The zero-order valence-electron chi connectivity index (χ0n) is 10.6. The van der Waals surface area contributed by atoms with Gasteiger partial charge in [-0.3, -0.25) is 4.79 Å². The maximum atomic E-state index is 11.8. The molecule has 3 N–H and O–H groups in total. The highest BCUT2D eigenvalue weighted by atomic mass is 16.1. The van der Waals surface area contributed by atoms with Gasteiger partial charge in [-0.1, -0.05) is 24.5 Å². The molecule has 0 heterocycles. The maximum absolute atomic E-state index is 11.8. The molecule has 0 atom stereocenters. The molecule has 0 aromatic rings. The summed E-state index contributed by atoms with van der Waals surface area (Å²) in [6.07, 6.45) is 11.9. The van der Waals surface area contributed by atoms with E-state index in [0.29, 0.717) is 6.42 Å². The zero-order chi connectivity index (χ0) is 12.1. The van der Waals surface area contributed by atoms with E-state index in [-0.39, 0.29) is 11.4 Å². The van der Waals surface area contributed by atoms with Crippen molar-refractivity contribution in [3.8, 4) is 0 Å². The zero-order valence-corrected chi connectivity index (χ0v) is 10.6. The molecule has 0 aromatic heterocycles. The van der Waals surface area contributed by atoms with Gasteiger partial charge in [0.15, 0.2) is 0 Å². The van der Waals surface area contributed by atoms with Gasteiger partial charge in [0.05, 0.1) is 0 Å². The molecule has 0 saturated heterocycles. The molecule has 2 rings (SSSR count). The van der Waals surface area contributed by atoms with E-state index >= 15 is 0 Å². The molecule has 0 spiro atoms. The Morgan fingerprint density at radius 1 is 1.35 bits per heavy atom. The number of hydrogen-bond donors (Lipinski definition) is 2. The third kappa shape index (κ3) is 3.84. The minimum Gasteiger partial charge on any atom is -0.356 e. The minimum atomic E-state index is -0.212. The Bertz CT molecular complexity index is 303. The number of amides is 1. The summed E-state index contributed by atoms with van der Waals surface area (Å²) in [6, 6.07) is 0. The maximum Gasteiger partial charge on any atom is 0.221 e. The van der Waals surface area contributed by atoms with Crippen LogP contribution >= 0.6 is 0 Å². The van der Waals surface area contributed by atoms with Gasteiger partial charge in [-0.2, -0.15) is 0 Å². The Morgan fingerprint density at radius 2 is 2.12 bits per heavy atom. The highest BCUT2D eigenvalue weighted by molar-refractivity contribution is 5.77. The van der Waals surface area contributed by atoms with Gasteiger partial charge in [-0.05, 0) is 38.5 Å². The summed E-state index contributed by atoms with van der Waals surface area (Å²) in [5, 5.41) is 3.00. The first-order chi connectivity index (χ1) is 8.18. The molecule has 0 radical (unpaired) electrons. The smallest absolute Gasteiger partial charge is 0.221 e. The van der Waals surface area contributed by atoms with E-state index in [1.165, 1.54) is 37.7 Å².